The van der Waals surface area contributed by atoms with Crippen molar-refractivity contribution in [2.75, 3.05) is 13.1 Å². The van der Waals surface area contributed by atoms with Gasteiger partial charge in [-0.15, -0.1) is 11.3 Å². The van der Waals surface area contributed by atoms with Gasteiger partial charge in [0.25, 0.3) is 5.91 Å². The summed E-state index contributed by atoms with van der Waals surface area (Å²) in [5.74, 6) is -0.516. The van der Waals surface area contributed by atoms with Gasteiger partial charge in [-0.2, -0.15) is 0 Å². The number of aliphatic carboxylic acids is 1. The van der Waals surface area contributed by atoms with E-state index in [2.05, 4.69) is 0 Å². The minimum absolute atomic E-state index is 0.0344. The number of carboxylic acid groups (broad SMARTS) is 1. The van der Waals surface area contributed by atoms with Crippen molar-refractivity contribution >= 4 is 34.8 Å². The van der Waals surface area contributed by atoms with E-state index in [4.69, 9.17) is 16.7 Å². The lowest BCUT2D eigenvalue weighted by Gasteiger charge is -2.15. The first kappa shape index (κ1) is 13.4. The molecule has 0 aliphatic carbocycles. The maximum Gasteiger partial charge on any atom is 0.303 e. The maximum atomic E-state index is 12.1. The second kappa shape index (κ2) is 5.71. The van der Waals surface area contributed by atoms with Crippen molar-refractivity contribution in [2.24, 2.45) is 5.92 Å². The number of carbonyl (C=O) groups is 2. The van der Waals surface area contributed by atoms with Gasteiger partial charge < -0.3 is 10.0 Å². The second-order valence-corrected chi connectivity index (χ2v) is 5.76. The topological polar surface area (TPSA) is 57.6 Å². The van der Waals surface area contributed by atoms with Gasteiger partial charge in [0, 0.05) is 19.5 Å². The molecule has 0 saturated carbocycles. The van der Waals surface area contributed by atoms with E-state index in [0.29, 0.717) is 35.3 Å². The van der Waals surface area contributed by atoms with E-state index in [9.17, 15) is 9.59 Å². The third-order valence-corrected chi connectivity index (χ3v) is 4.48. The molecule has 1 aromatic heterocycles. The highest BCUT2D eigenvalue weighted by atomic mass is 35.5. The molecule has 18 heavy (non-hydrogen) atoms. The normalized spacial score (nSPS) is 19.2. The number of hydrogen-bond acceptors (Lipinski definition) is 3. The SMILES string of the molecule is O=C(O)CCC1CCN(C(=O)c2sccc2Cl)C1. The lowest BCUT2D eigenvalue weighted by atomic mass is 10.0. The fraction of sp³-hybridized carbons (Fsp3) is 0.500. The quantitative estimate of drug-likeness (QED) is 0.926. The number of nitrogens with zero attached hydrogens (tertiary/aromatic N) is 1. The molecule has 1 aliphatic heterocycles. The van der Waals surface area contributed by atoms with E-state index < -0.39 is 5.97 Å². The van der Waals surface area contributed by atoms with Gasteiger partial charge in [-0.05, 0) is 30.2 Å². The van der Waals surface area contributed by atoms with Crippen LogP contribution in [0.15, 0.2) is 11.4 Å². The van der Waals surface area contributed by atoms with Crippen LogP contribution in [0, 0.1) is 5.92 Å². The molecule has 1 saturated heterocycles. The van der Waals surface area contributed by atoms with Crippen molar-refractivity contribution in [1.29, 1.82) is 0 Å². The summed E-state index contributed by atoms with van der Waals surface area (Å²) in [6, 6.07) is 1.72. The summed E-state index contributed by atoms with van der Waals surface area (Å²) in [6.07, 6.45) is 1.69. The number of hydrogen-bond donors (Lipinski definition) is 1. The molecule has 1 atom stereocenters. The average molecular weight is 288 g/mol. The van der Waals surface area contributed by atoms with Crippen molar-refractivity contribution in [3.8, 4) is 0 Å². The molecule has 1 fully saturated rings. The van der Waals surface area contributed by atoms with Gasteiger partial charge in [-0.25, -0.2) is 0 Å². The minimum Gasteiger partial charge on any atom is -0.481 e. The molecule has 1 N–H and O–H groups in total. The van der Waals surface area contributed by atoms with Gasteiger partial charge in [0.1, 0.15) is 4.88 Å². The first-order valence-corrected chi connectivity index (χ1v) is 7.07. The Morgan fingerprint density at radius 1 is 1.56 bits per heavy atom. The van der Waals surface area contributed by atoms with Crippen molar-refractivity contribution in [3.05, 3.63) is 21.3 Å². The smallest absolute Gasteiger partial charge is 0.303 e. The van der Waals surface area contributed by atoms with E-state index in [-0.39, 0.29) is 12.3 Å². The summed E-state index contributed by atoms with van der Waals surface area (Å²) < 4.78 is 0. The van der Waals surface area contributed by atoms with Crippen LogP contribution in [0.3, 0.4) is 0 Å². The van der Waals surface area contributed by atoms with Crippen LogP contribution in [-0.2, 0) is 4.79 Å². The van der Waals surface area contributed by atoms with Crippen LogP contribution in [-0.4, -0.2) is 35.0 Å². The molecule has 4 nitrogen and oxygen atoms in total. The second-order valence-electron chi connectivity index (χ2n) is 4.44. The number of carboxylic acids is 1. The van der Waals surface area contributed by atoms with E-state index in [1.54, 1.807) is 16.3 Å². The molecular formula is C12H14ClNO3S. The predicted molar refractivity (Wildman–Crippen MR) is 70.2 cm³/mol. The number of halogens is 1. The number of likely N-dealkylation sites (tertiary alicyclic amines) is 1. The first-order valence-electron chi connectivity index (χ1n) is 5.82. The third-order valence-electron chi connectivity index (χ3n) is 3.15. The molecule has 6 heteroatoms. The minimum atomic E-state index is -0.777. The summed E-state index contributed by atoms with van der Waals surface area (Å²) in [7, 11) is 0. The van der Waals surface area contributed by atoms with Gasteiger partial charge in [-0.3, -0.25) is 9.59 Å². The van der Waals surface area contributed by atoms with Gasteiger partial charge in [0.05, 0.1) is 5.02 Å². The molecule has 0 aromatic carbocycles. The van der Waals surface area contributed by atoms with Gasteiger partial charge >= 0.3 is 5.97 Å². The van der Waals surface area contributed by atoms with Crippen molar-refractivity contribution in [3.63, 3.8) is 0 Å². The Morgan fingerprint density at radius 3 is 2.94 bits per heavy atom. The summed E-state index contributed by atoms with van der Waals surface area (Å²) in [4.78, 5) is 25.0. The largest absolute Gasteiger partial charge is 0.481 e. The highest BCUT2D eigenvalue weighted by Gasteiger charge is 2.28. The summed E-state index contributed by atoms with van der Waals surface area (Å²) >= 11 is 7.28. The Hall–Kier alpha value is -1.07. The van der Waals surface area contributed by atoms with Gasteiger partial charge in [-0.1, -0.05) is 11.6 Å². The van der Waals surface area contributed by atoms with Crippen LogP contribution < -0.4 is 0 Å². The fourth-order valence-corrected chi connectivity index (χ4v) is 3.27. The number of rotatable bonds is 4. The third kappa shape index (κ3) is 3.03. The molecule has 98 valence electrons. The molecule has 1 amide bonds. The van der Waals surface area contributed by atoms with E-state index >= 15 is 0 Å². The first-order chi connectivity index (χ1) is 8.58. The van der Waals surface area contributed by atoms with Crippen molar-refractivity contribution in [2.45, 2.75) is 19.3 Å². The zero-order chi connectivity index (χ0) is 13.1. The Morgan fingerprint density at radius 2 is 2.33 bits per heavy atom. The lowest BCUT2D eigenvalue weighted by molar-refractivity contribution is -0.137. The Bertz CT molecular complexity index is 460. The lowest BCUT2D eigenvalue weighted by Crippen LogP contribution is -2.28. The van der Waals surface area contributed by atoms with Crippen LogP contribution in [0.25, 0.3) is 0 Å². The number of amides is 1. The molecule has 1 aromatic rings. The van der Waals surface area contributed by atoms with Crippen LogP contribution in [0.5, 0.6) is 0 Å². The van der Waals surface area contributed by atoms with Crippen LogP contribution >= 0.6 is 22.9 Å². The average Bonchev–Trinajstić information content (AvgIpc) is 2.94. The Kier molecular flexibility index (Phi) is 4.24. The highest BCUT2D eigenvalue weighted by molar-refractivity contribution is 7.12. The fourth-order valence-electron chi connectivity index (χ4n) is 2.17. The maximum absolute atomic E-state index is 12.1. The van der Waals surface area contributed by atoms with E-state index in [1.807, 2.05) is 0 Å². The molecule has 2 rings (SSSR count). The number of thiophene rings is 1. The van der Waals surface area contributed by atoms with Gasteiger partial charge in [0.2, 0.25) is 0 Å². The van der Waals surface area contributed by atoms with Crippen LogP contribution in [0.4, 0.5) is 0 Å². The summed E-state index contributed by atoms with van der Waals surface area (Å²) in [5.41, 5.74) is 0. The van der Waals surface area contributed by atoms with Crippen LogP contribution in [0.2, 0.25) is 5.02 Å². The Balaban J connectivity index is 1.91. The molecule has 1 unspecified atom stereocenters. The molecular weight excluding hydrogens is 274 g/mol. The van der Waals surface area contributed by atoms with Crippen LogP contribution in [0.1, 0.15) is 28.9 Å². The monoisotopic (exact) mass is 287 g/mol. The van der Waals surface area contributed by atoms with E-state index in [0.717, 1.165) is 6.42 Å². The van der Waals surface area contributed by atoms with Crippen molar-refractivity contribution in [1.82, 2.24) is 4.90 Å². The molecule has 1 aliphatic rings. The van der Waals surface area contributed by atoms with Gasteiger partial charge in [0.15, 0.2) is 0 Å². The number of carbonyl (C=O) groups excluding carboxylic acids is 1. The molecule has 0 bridgehead atoms. The molecule has 2 heterocycles. The zero-order valence-corrected chi connectivity index (χ0v) is 11.3. The predicted octanol–water partition coefficient (Wildman–Crippen LogP) is 2.73. The summed E-state index contributed by atoms with van der Waals surface area (Å²) in [6.45, 7) is 1.33. The molecule has 0 radical (unpaired) electrons. The summed E-state index contributed by atoms with van der Waals surface area (Å²) in [5, 5.41) is 10.9. The van der Waals surface area contributed by atoms with Crippen molar-refractivity contribution < 1.29 is 14.7 Å². The highest BCUT2D eigenvalue weighted by Crippen LogP contribution is 2.27. The molecule has 0 spiro atoms. The van der Waals surface area contributed by atoms with E-state index in [1.165, 1.54) is 11.3 Å². The Labute approximate surface area is 114 Å². The standard InChI is InChI=1S/C12H14ClNO3S/c13-9-4-6-18-11(9)12(17)14-5-3-8(7-14)1-2-10(15)16/h4,6,8H,1-3,5,7H2,(H,15,16). The zero-order valence-electron chi connectivity index (χ0n) is 9.76.